The molecule has 0 spiro atoms. The third-order valence-corrected chi connectivity index (χ3v) is 5.15. The van der Waals surface area contributed by atoms with Crippen LogP contribution in [0.2, 0.25) is 0 Å². The molecule has 0 saturated carbocycles. The van der Waals surface area contributed by atoms with Crippen molar-refractivity contribution in [1.82, 2.24) is 19.6 Å². The molecule has 0 bridgehead atoms. The number of amides is 2. The van der Waals surface area contributed by atoms with E-state index < -0.39 is 5.82 Å². The van der Waals surface area contributed by atoms with Crippen LogP contribution in [0.25, 0.3) is 5.69 Å². The van der Waals surface area contributed by atoms with Crippen molar-refractivity contribution in [1.29, 1.82) is 0 Å². The topological polar surface area (TPSA) is 62.6 Å². The maximum Gasteiger partial charge on any atom is 0.321 e. The lowest BCUT2D eigenvalue weighted by atomic mass is 10.1. The van der Waals surface area contributed by atoms with Gasteiger partial charge in [0.05, 0.1) is 18.0 Å². The van der Waals surface area contributed by atoms with Gasteiger partial charge in [0.15, 0.2) is 0 Å². The maximum absolute atomic E-state index is 13.7. The van der Waals surface area contributed by atoms with E-state index >= 15 is 0 Å². The first-order valence-corrected chi connectivity index (χ1v) is 9.34. The quantitative estimate of drug-likeness (QED) is 0.893. The fraction of sp³-hybridized carbons (Fsp3) is 0.474. The van der Waals surface area contributed by atoms with Gasteiger partial charge in [-0.2, -0.15) is 5.10 Å². The number of ether oxygens (including phenoxy) is 1. The van der Waals surface area contributed by atoms with Crippen molar-refractivity contribution >= 4 is 11.7 Å². The molecule has 7 nitrogen and oxygen atoms in total. The minimum absolute atomic E-state index is 0.210. The van der Waals surface area contributed by atoms with Gasteiger partial charge in [-0.15, -0.1) is 0 Å². The molecule has 2 saturated heterocycles. The highest BCUT2D eigenvalue weighted by Gasteiger charge is 2.25. The van der Waals surface area contributed by atoms with E-state index in [0.717, 1.165) is 39.3 Å². The third-order valence-electron chi connectivity index (χ3n) is 5.15. The second kappa shape index (κ2) is 8.06. The molecule has 1 atom stereocenters. The number of aromatic nitrogens is 2. The molecule has 4 rings (SSSR count). The predicted octanol–water partition coefficient (Wildman–Crippen LogP) is 2.20. The smallest absolute Gasteiger partial charge is 0.321 e. The van der Waals surface area contributed by atoms with Gasteiger partial charge < -0.3 is 15.0 Å². The van der Waals surface area contributed by atoms with E-state index in [0.29, 0.717) is 30.4 Å². The molecule has 8 heteroatoms. The lowest BCUT2D eigenvalue weighted by Crippen LogP contribution is -2.51. The van der Waals surface area contributed by atoms with Crippen LogP contribution in [0.4, 0.5) is 14.9 Å². The van der Waals surface area contributed by atoms with Crippen LogP contribution in [0.15, 0.2) is 36.7 Å². The largest absolute Gasteiger partial charge is 0.381 e. The van der Waals surface area contributed by atoms with Gasteiger partial charge >= 0.3 is 6.03 Å². The number of nitrogens with zero attached hydrogens (tertiary/aromatic N) is 4. The number of carbonyl (C=O) groups excluding carboxylic acids is 1. The number of urea groups is 1. The number of anilines is 1. The summed E-state index contributed by atoms with van der Waals surface area (Å²) in [7, 11) is 0. The number of hydrogen-bond acceptors (Lipinski definition) is 4. The van der Waals surface area contributed by atoms with Crippen LogP contribution in [0, 0.1) is 11.7 Å². The second-order valence-corrected chi connectivity index (χ2v) is 7.06. The zero-order chi connectivity index (χ0) is 18.6. The molecule has 144 valence electrons. The average Bonchev–Trinajstić information content (AvgIpc) is 3.36. The Balaban J connectivity index is 1.36. The van der Waals surface area contributed by atoms with Gasteiger partial charge in [-0.25, -0.2) is 13.9 Å². The van der Waals surface area contributed by atoms with E-state index in [2.05, 4.69) is 15.3 Å². The minimum atomic E-state index is -0.398. The summed E-state index contributed by atoms with van der Waals surface area (Å²) in [4.78, 5) is 16.8. The predicted molar refractivity (Wildman–Crippen MR) is 99.5 cm³/mol. The average molecular weight is 373 g/mol. The van der Waals surface area contributed by atoms with E-state index in [1.165, 1.54) is 12.1 Å². The summed E-state index contributed by atoms with van der Waals surface area (Å²) < 4.78 is 20.8. The maximum atomic E-state index is 13.7. The van der Waals surface area contributed by atoms with Crippen LogP contribution < -0.4 is 5.32 Å². The van der Waals surface area contributed by atoms with Gasteiger partial charge in [0.1, 0.15) is 5.82 Å². The SMILES string of the molecule is O=C(Nc1cc(F)ccc1-n1cccn1)N1CCN(CC2CCOC2)CC1. The van der Waals surface area contributed by atoms with Gasteiger partial charge in [0.25, 0.3) is 0 Å². The van der Waals surface area contributed by atoms with Crippen LogP contribution in [-0.4, -0.2) is 71.5 Å². The normalized spacial score (nSPS) is 20.8. The van der Waals surface area contributed by atoms with Crippen LogP contribution in [0.1, 0.15) is 6.42 Å². The lowest BCUT2D eigenvalue weighted by molar-refractivity contribution is 0.124. The summed E-state index contributed by atoms with van der Waals surface area (Å²) in [6, 6.07) is 5.87. The van der Waals surface area contributed by atoms with Crippen molar-refractivity contribution in [2.75, 3.05) is 51.3 Å². The molecular weight excluding hydrogens is 349 g/mol. The van der Waals surface area contributed by atoms with Gasteiger partial charge in [0, 0.05) is 51.7 Å². The molecule has 3 heterocycles. The molecule has 2 aliphatic rings. The Bertz CT molecular complexity index is 768. The van der Waals surface area contributed by atoms with Crippen LogP contribution in [0.3, 0.4) is 0 Å². The first-order valence-electron chi connectivity index (χ1n) is 9.34. The second-order valence-electron chi connectivity index (χ2n) is 7.06. The Hall–Kier alpha value is -2.45. The highest BCUT2D eigenvalue weighted by molar-refractivity contribution is 5.91. The summed E-state index contributed by atoms with van der Waals surface area (Å²) in [5.41, 5.74) is 1.05. The zero-order valence-electron chi connectivity index (χ0n) is 15.2. The fourth-order valence-corrected chi connectivity index (χ4v) is 3.64. The lowest BCUT2D eigenvalue weighted by Gasteiger charge is -2.35. The minimum Gasteiger partial charge on any atom is -0.381 e. The van der Waals surface area contributed by atoms with Crippen molar-refractivity contribution in [2.24, 2.45) is 5.92 Å². The Morgan fingerprint density at radius 1 is 1.30 bits per heavy atom. The number of piperazine rings is 1. The Labute approximate surface area is 157 Å². The van der Waals surface area contributed by atoms with Crippen molar-refractivity contribution < 1.29 is 13.9 Å². The van der Waals surface area contributed by atoms with Crippen molar-refractivity contribution in [3.63, 3.8) is 0 Å². The molecule has 2 aromatic rings. The Kier molecular flexibility index (Phi) is 5.35. The molecule has 2 aliphatic heterocycles. The monoisotopic (exact) mass is 373 g/mol. The number of carbonyl (C=O) groups is 1. The fourth-order valence-electron chi connectivity index (χ4n) is 3.64. The van der Waals surface area contributed by atoms with Crippen LogP contribution in [0.5, 0.6) is 0 Å². The van der Waals surface area contributed by atoms with Crippen molar-refractivity contribution in [3.8, 4) is 5.69 Å². The number of rotatable bonds is 4. The molecule has 0 aliphatic carbocycles. The van der Waals surface area contributed by atoms with E-state index in [-0.39, 0.29) is 6.03 Å². The number of benzene rings is 1. The van der Waals surface area contributed by atoms with Crippen LogP contribution >= 0.6 is 0 Å². The number of nitrogens with one attached hydrogen (secondary N) is 1. The highest BCUT2D eigenvalue weighted by Crippen LogP contribution is 2.22. The molecule has 1 unspecified atom stereocenters. The van der Waals surface area contributed by atoms with Gasteiger partial charge in [-0.05, 0) is 36.6 Å². The van der Waals surface area contributed by atoms with Crippen LogP contribution in [-0.2, 0) is 4.74 Å². The van der Waals surface area contributed by atoms with E-state index in [1.54, 1.807) is 34.1 Å². The number of halogens is 1. The molecule has 1 aromatic heterocycles. The summed E-state index contributed by atoms with van der Waals surface area (Å²) in [6.45, 7) is 5.74. The van der Waals surface area contributed by atoms with Gasteiger partial charge in [-0.3, -0.25) is 4.90 Å². The highest BCUT2D eigenvalue weighted by atomic mass is 19.1. The standard InChI is InChI=1S/C19H24FN5O2/c20-16-2-3-18(25-6-1-5-21-25)17(12-16)22-19(26)24-9-7-23(8-10-24)13-15-4-11-27-14-15/h1-3,5-6,12,15H,4,7-11,13-14H2,(H,22,26). The van der Waals surface area contributed by atoms with Crippen molar-refractivity contribution in [2.45, 2.75) is 6.42 Å². The molecule has 0 radical (unpaired) electrons. The Morgan fingerprint density at radius 3 is 2.85 bits per heavy atom. The Morgan fingerprint density at radius 2 is 2.15 bits per heavy atom. The summed E-state index contributed by atoms with van der Waals surface area (Å²) >= 11 is 0. The molecule has 1 N–H and O–H groups in total. The van der Waals surface area contributed by atoms with Gasteiger partial charge in [0.2, 0.25) is 0 Å². The number of hydrogen-bond donors (Lipinski definition) is 1. The van der Waals surface area contributed by atoms with E-state index in [9.17, 15) is 9.18 Å². The molecule has 2 fully saturated rings. The van der Waals surface area contributed by atoms with Crippen molar-refractivity contribution in [3.05, 3.63) is 42.5 Å². The summed E-state index contributed by atoms with van der Waals surface area (Å²) in [5.74, 6) is 0.208. The molecule has 1 aromatic carbocycles. The summed E-state index contributed by atoms with van der Waals surface area (Å²) in [6.07, 6.45) is 4.52. The molecule has 2 amide bonds. The molecular formula is C19H24FN5O2. The van der Waals surface area contributed by atoms with Gasteiger partial charge in [-0.1, -0.05) is 0 Å². The van der Waals surface area contributed by atoms with E-state index in [4.69, 9.17) is 4.74 Å². The summed E-state index contributed by atoms with van der Waals surface area (Å²) in [5, 5.41) is 7.01. The molecule has 27 heavy (non-hydrogen) atoms. The zero-order valence-corrected chi connectivity index (χ0v) is 15.2. The third kappa shape index (κ3) is 4.28. The first-order chi connectivity index (χ1) is 13.2. The van der Waals surface area contributed by atoms with E-state index in [1.807, 2.05) is 0 Å². The first kappa shape index (κ1) is 17.9.